The smallest absolute Gasteiger partial charge is 0.240 e. The number of benzene rings is 2. The van der Waals surface area contributed by atoms with Crippen LogP contribution < -0.4 is 15.2 Å². The van der Waals surface area contributed by atoms with Gasteiger partial charge in [0.25, 0.3) is 0 Å². The van der Waals surface area contributed by atoms with Crippen molar-refractivity contribution in [3.63, 3.8) is 0 Å². The van der Waals surface area contributed by atoms with Crippen molar-refractivity contribution in [1.82, 2.24) is 19.7 Å². The van der Waals surface area contributed by atoms with E-state index in [1.165, 1.54) is 0 Å². The summed E-state index contributed by atoms with van der Waals surface area (Å²) in [6.07, 6.45) is 6.92. The third-order valence-electron chi connectivity index (χ3n) is 6.01. The van der Waals surface area contributed by atoms with Crippen LogP contribution in [0, 0.1) is 0 Å². The molecule has 1 heterocycles. The van der Waals surface area contributed by atoms with E-state index in [9.17, 15) is 8.42 Å². The van der Waals surface area contributed by atoms with Crippen molar-refractivity contribution in [1.29, 1.82) is 0 Å². The SMILES string of the molecule is NCc1cn(CCCCCCNS(=O)(=O)c2ccc(O[C@@H]3CCc4c(Cl)cc(Cl)cc43)cc2)nn1. The van der Waals surface area contributed by atoms with Gasteiger partial charge in [0.2, 0.25) is 10.0 Å². The summed E-state index contributed by atoms with van der Waals surface area (Å²) in [6, 6.07) is 10.1. The zero-order valence-corrected chi connectivity index (χ0v) is 21.6. The Morgan fingerprint density at radius 2 is 1.89 bits per heavy atom. The van der Waals surface area contributed by atoms with Crippen molar-refractivity contribution in [3.8, 4) is 5.75 Å². The number of nitrogens with two attached hydrogens (primary N) is 1. The monoisotopic (exact) mass is 537 g/mol. The highest BCUT2D eigenvalue weighted by molar-refractivity contribution is 7.89. The van der Waals surface area contributed by atoms with Crippen molar-refractivity contribution in [3.05, 3.63) is 69.5 Å². The van der Waals surface area contributed by atoms with Crippen LogP contribution in [0.15, 0.2) is 47.5 Å². The molecule has 0 spiro atoms. The first-order chi connectivity index (χ1) is 16.9. The number of halogens is 2. The molecule has 0 radical (unpaired) electrons. The summed E-state index contributed by atoms with van der Waals surface area (Å²) in [7, 11) is -3.57. The van der Waals surface area contributed by atoms with Gasteiger partial charge in [0, 0.05) is 35.9 Å². The molecule has 0 bridgehead atoms. The minimum atomic E-state index is -3.57. The summed E-state index contributed by atoms with van der Waals surface area (Å²) in [5.74, 6) is 0.601. The average molecular weight is 539 g/mol. The molecule has 1 aliphatic rings. The fourth-order valence-electron chi connectivity index (χ4n) is 4.17. The van der Waals surface area contributed by atoms with Gasteiger partial charge in [0.05, 0.1) is 10.6 Å². The van der Waals surface area contributed by atoms with Gasteiger partial charge in [-0.2, -0.15) is 0 Å². The Kier molecular flexibility index (Phi) is 8.67. The minimum absolute atomic E-state index is 0.158. The number of unbranched alkanes of at least 4 members (excludes halogenated alkanes) is 3. The van der Waals surface area contributed by atoms with Gasteiger partial charge in [-0.1, -0.05) is 41.3 Å². The second-order valence-corrected chi connectivity index (χ2v) is 11.2. The third kappa shape index (κ3) is 6.74. The molecule has 3 N–H and O–H groups in total. The molecule has 0 aliphatic heterocycles. The van der Waals surface area contributed by atoms with Crippen LogP contribution >= 0.6 is 23.2 Å². The molecule has 11 heteroatoms. The molecule has 8 nitrogen and oxygen atoms in total. The minimum Gasteiger partial charge on any atom is -0.486 e. The Bertz CT molecular complexity index is 1250. The second kappa shape index (κ2) is 11.7. The number of hydrogen-bond donors (Lipinski definition) is 2. The van der Waals surface area contributed by atoms with Crippen LogP contribution in [0.2, 0.25) is 10.0 Å². The first-order valence-corrected chi connectivity index (χ1v) is 13.9. The lowest BCUT2D eigenvalue weighted by molar-refractivity contribution is 0.207. The number of nitrogens with one attached hydrogen (secondary N) is 1. The predicted molar refractivity (Wildman–Crippen MR) is 136 cm³/mol. The van der Waals surface area contributed by atoms with E-state index in [1.54, 1.807) is 35.0 Å². The van der Waals surface area contributed by atoms with Crippen molar-refractivity contribution in [2.45, 2.75) is 62.6 Å². The number of hydrogen-bond acceptors (Lipinski definition) is 6. The van der Waals surface area contributed by atoms with E-state index >= 15 is 0 Å². The van der Waals surface area contributed by atoms with Gasteiger partial charge in [-0.15, -0.1) is 5.10 Å². The highest BCUT2D eigenvalue weighted by Crippen LogP contribution is 2.40. The topological polar surface area (TPSA) is 112 Å². The molecule has 0 saturated heterocycles. The lowest BCUT2D eigenvalue weighted by atomic mass is 10.1. The van der Waals surface area contributed by atoms with E-state index in [2.05, 4.69) is 15.0 Å². The van der Waals surface area contributed by atoms with E-state index in [4.69, 9.17) is 33.7 Å². The maximum Gasteiger partial charge on any atom is 0.240 e. The van der Waals surface area contributed by atoms with Gasteiger partial charge in [-0.25, -0.2) is 13.1 Å². The fraction of sp³-hybridized carbons (Fsp3) is 0.417. The van der Waals surface area contributed by atoms with E-state index in [0.29, 0.717) is 28.9 Å². The quantitative estimate of drug-likeness (QED) is 0.325. The second-order valence-electron chi connectivity index (χ2n) is 8.56. The van der Waals surface area contributed by atoms with Gasteiger partial charge in [0.15, 0.2) is 0 Å². The van der Waals surface area contributed by atoms with E-state index < -0.39 is 10.0 Å². The highest BCUT2D eigenvalue weighted by atomic mass is 35.5. The average Bonchev–Trinajstić information content (AvgIpc) is 3.46. The van der Waals surface area contributed by atoms with Gasteiger partial charge < -0.3 is 10.5 Å². The lowest BCUT2D eigenvalue weighted by Gasteiger charge is -2.16. The van der Waals surface area contributed by atoms with Crippen LogP contribution in [0.5, 0.6) is 5.75 Å². The Balaban J connectivity index is 1.21. The zero-order valence-electron chi connectivity index (χ0n) is 19.3. The predicted octanol–water partition coefficient (Wildman–Crippen LogP) is 4.65. The van der Waals surface area contributed by atoms with Crippen LogP contribution in [-0.4, -0.2) is 30.0 Å². The summed E-state index contributed by atoms with van der Waals surface area (Å²) >= 11 is 12.5. The Morgan fingerprint density at radius 3 is 2.63 bits per heavy atom. The summed E-state index contributed by atoms with van der Waals surface area (Å²) in [5.41, 5.74) is 8.35. The summed E-state index contributed by atoms with van der Waals surface area (Å²) in [4.78, 5) is 0.213. The fourth-order valence-corrected chi connectivity index (χ4v) is 5.85. The summed E-state index contributed by atoms with van der Waals surface area (Å²) in [5, 5.41) is 9.20. The van der Waals surface area contributed by atoms with Crippen molar-refractivity contribution in [2.75, 3.05) is 6.54 Å². The molecule has 35 heavy (non-hydrogen) atoms. The first-order valence-electron chi connectivity index (χ1n) is 11.7. The third-order valence-corrected chi connectivity index (χ3v) is 8.04. The molecule has 0 amide bonds. The number of aromatic nitrogens is 3. The van der Waals surface area contributed by atoms with Crippen molar-refractivity contribution >= 4 is 33.2 Å². The number of sulfonamides is 1. The van der Waals surface area contributed by atoms with Gasteiger partial charge in [-0.05, 0) is 73.2 Å². The largest absolute Gasteiger partial charge is 0.486 e. The maximum atomic E-state index is 12.6. The Hall–Kier alpha value is -2.17. The molecule has 0 unspecified atom stereocenters. The molecule has 3 aromatic rings. The van der Waals surface area contributed by atoms with Gasteiger partial charge in [-0.3, -0.25) is 4.68 Å². The standard InChI is InChI=1S/C24H29Cl2N5O3S/c25-17-13-22-21(23(26)14-17)9-10-24(22)34-19-5-7-20(8-6-19)35(32,33)28-11-3-1-2-4-12-31-16-18(15-27)29-30-31/h5-8,13-14,16,24,28H,1-4,9-12,15,27H2/t24-/m1/s1. The molecule has 0 fully saturated rings. The molecule has 1 aromatic heterocycles. The van der Waals surface area contributed by atoms with Gasteiger partial charge in [0.1, 0.15) is 11.9 Å². The number of nitrogens with zero attached hydrogens (tertiary/aromatic N) is 3. The molecule has 1 atom stereocenters. The van der Waals surface area contributed by atoms with Crippen LogP contribution in [0.1, 0.15) is 55.0 Å². The summed E-state index contributed by atoms with van der Waals surface area (Å²) < 4.78 is 35.8. The number of ether oxygens (including phenoxy) is 1. The van der Waals surface area contributed by atoms with E-state index in [0.717, 1.165) is 61.9 Å². The number of aryl methyl sites for hydroxylation is 1. The molecule has 0 saturated carbocycles. The van der Waals surface area contributed by atoms with Crippen LogP contribution in [0.4, 0.5) is 0 Å². The first kappa shape index (κ1) is 25.9. The Morgan fingerprint density at radius 1 is 1.11 bits per heavy atom. The van der Waals surface area contributed by atoms with Crippen molar-refractivity contribution < 1.29 is 13.2 Å². The molecular formula is C24H29Cl2N5O3S. The number of fused-ring (bicyclic) bond motifs is 1. The van der Waals surface area contributed by atoms with Crippen molar-refractivity contribution in [2.24, 2.45) is 5.73 Å². The van der Waals surface area contributed by atoms with E-state index in [1.807, 2.05) is 12.3 Å². The molecule has 2 aromatic carbocycles. The van der Waals surface area contributed by atoms with Gasteiger partial charge >= 0.3 is 0 Å². The van der Waals surface area contributed by atoms with Crippen LogP contribution in [0.3, 0.4) is 0 Å². The van der Waals surface area contributed by atoms with E-state index in [-0.39, 0.29) is 11.0 Å². The van der Waals surface area contributed by atoms with Crippen LogP contribution in [-0.2, 0) is 29.5 Å². The van der Waals surface area contributed by atoms with Crippen LogP contribution in [0.25, 0.3) is 0 Å². The molecule has 4 rings (SSSR count). The molecular weight excluding hydrogens is 509 g/mol. The summed E-state index contributed by atoms with van der Waals surface area (Å²) in [6.45, 7) is 1.55. The zero-order chi connectivity index (χ0) is 24.8. The lowest BCUT2D eigenvalue weighted by Crippen LogP contribution is -2.24. The Labute approximate surface area is 215 Å². The molecule has 188 valence electrons. The maximum absolute atomic E-state index is 12.6. The molecule has 1 aliphatic carbocycles. The number of rotatable bonds is 12. The highest BCUT2D eigenvalue weighted by Gasteiger charge is 2.27. The normalized spacial score (nSPS) is 15.3.